The molecule has 4 aliphatic carbocycles. The molecular weight excluding hydrogens is 220 g/mol. The van der Waals surface area contributed by atoms with E-state index in [1.807, 2.05) is 0 Å². The summed E-state index contributed by atoms with van der Waals surface area (Å²) in [4.78, 5) is 0. The molecule has 0 aromatic rings. The molecule has 0 radical (unpaired) electrons. The molecule has 3 atom stereocenters. The quantitative estimate of drug-likeness (QED) is 0.711. The maximum Gasteiger partial charge on any atom is 0.0596 e. The molecule has 0 heterocycles. The Morgan fingerprint density at radius 2 is 1.78 bits per heavy atom. The van der Waals surface area contributed by atoms with E-state index in [0.717, 1.165) is 18.3 Å². The third-order valence-corrected chi connectivity index (χ3v) is 6.19. The van der Waals surface area contributed by atoms with E-state index >= 15 is 0 Å². The first kappa shape index (κ1) is 13.0. The first-order valence-electron chi connectivity index (χ1n) is 8.23. The van der Waals surface area contributed by atoms with Gasteiger partial charge in [-0.15, -0.1) is 0 Å². The van der Waals surface area contributed by atoms with Crippen LogP contribution in [0, 0.1) is 22.7 Å². The minimum atomic E-state index is -0.00530. The van der Waals surface area contributed by atoms with E-state index in [1.54, 1.807) is 0 Å². The van der Waals surface area contributed by atoms with Crippen LogP contribution < -0.4 is 0 Å². The highest BCUT2D eigenvalue weighted by Gasteiger charge is 2.57. The van der Waals surface area contributed by atoms with Crippen LogP contribution in [0.1, 0.15) is 78.1 Å². The van der Waals surface area contributed by atoms with E-state index < -0.39 is 0 Å². The molecule has 3 unspecified atom stereocenters. The molecule has 0 amide bonds. The van der Waals surface area contributed by atoms with Crippen LogP contribution in [-0.2, 0) is 0 Å². The molecular formula is C17H30O. The molecule has 0 aliphatic heterocycles. The van der Waals surface area contributed by atoms with Gasteiger partial charge >= 0.3 is 0 Å². The number of aliphatic hydroxyl groups excluding tert-OH is 1. The van der Waals surface area contributed by atoms with Crippen molar-refractivity contribution < 1.29 is 5.11 Å². The number of rotatable bonds is 5. The van der Waals surface area contributed by atoms with Gasteiger partial charge < -0.3 is 5.11 Å². The Labute approximate surface area is 112 Å². The fourth-order valence-electron chi connectivity index (χ4n) is 6.08. The van der Waals surface area contributed by atoms with Crippen molar-refractivity contribution in [2.24, 2.45) is 22.7 Å². The summed E-state index contributed by atoms with van der Waals surface area (Å²) in [5.41, 5.74) is 0.905. The zero-order chi connectivity index (χ0) is 12.8. The monoisotopic (exact) mass is 250 g/mol. The van der Waals surface area contributed by atoms with E-state index in [9.17, 15) is 5.11 Å². The van der Waals surface area contributed by atoms with Crippen molar-refractivity contribution in [1.82, 2.24) is 0 Å². The summed E-state index contributed by atoms with van der Waals surface area (Å²) in [6, 6.07) is 0. The van der Waals surface area contributed by atoms with Gasteiger partial charge in [0, 0.05) is 0 Å². The highest BCUT2D eigenvalue weighted by molar-refractivity contribution is 5.08. The van der Waals surface area contributed by atoms with Crippen molar-refractivity contribution >= 4 is 0 Å². The fourth-order valence-corrected chi connectivity index (χ4v) is 6.08. The maximum absolute atomic E-state index is 10.8. The Hall–Kier alpha value is -0.0400. The van der Waals surface area contributed by atoms with Crippen molar-refractivity contribution in [3.63, 3.8) is 0 Å². The standard InChI is InChI=1S/C17H30O/c1-3-4-5-6-15(18)17-10-13-7-14(11-17)9-16(2,8-13)12-17/h13-15,18H,3-12H2,1-2H3. The van der Waals surface area contributed by atoms with Gasteiger partial charge in [0.05, 0.1) is 6.10 Å². The molecule has 4 saturated carbocycles. The van der Waals surface area contributed by atoms with E-state index in [1.165, 1.54) is 57.8 Å². The third kappa shape index (κ3) is 2.13. The Bertz CT molecular complexity index is 295. The highest BCUT2D eigenvalue weighted by atomic mass is 16.3. The number of hydrogen-bond acceptors (Lipinski definition) is 1. The predicted molar refractivity (Wildman–Crippen MR) is 75.4 cm³/mol. The van der Waals surface area contributed by atoms with Gasteiger partial charge in [-0.25, -0.2) is 0 Å². The lowest BCUT2D eigenvalue weighted by molar-refractivity contribution is -0.154. The van der Waals surface area contributed by atoms with Crippen molar-refractivity contribution in [2.45, 2.75) is 84.2 Å². The van der Waals surface area contributed by atoms with Gasteiger partial charge in [-0.1, -0.05) is 33.1 Å². The molecule has 4 aliphatic rings. The van der Waals surface area contributed by atoms with Gasteiger partial charge in [0.25, 0.3) is 0 Å². The third-order valence-electron chi connectivity index (χ3n) is 6.19. The van der Waals surface area contributed by atoms with Gasteiger partial charge in [-0.2, -0.15) is 0 Å². The topological polar surface area (TPSA) is 20.2 Å². The Morgan fingerprint density at radius 3 is 2.33 bits per heavy atom. The Kier molecular flexibility index (Phi) is 3.25. The lowest BCUT2D eigenvalue weighted by Crippen LogP contribution is -2.55. The number of unbranched alkanes of at least 4 members (excludes halogenated alkanes) is 2. The van der Waals surface area contributed by atoms with Crippen LogP contribution in [0.15, 0.2) is 0 Å². The average molecular weight is 250 g/mol. The zero-order valence-electron chi connectivity index (χ0n) is 12.3. The predicted octanol–water partition coefficient (Wildman–Crippen LogP) is 4.53. The fraction of sp³-hybridized carbons (Fsp3) is 1.00. The second kappa shape index (κ2) is 4.51. The molecule has 1 heteroatoms. The first-order chi connectivity index (χ1) is 8.55. The minimum Gasteiger partial charge on any atom is -0.393 e. The van der Waals surface area contributed by atoms with Gasteiger partial charge in [0.2, 0.25) is 0 Å². The van der Waals surface area contributed by atoms with Crippen LogP contribution >= 0.6 is 0 Å². The molecule has 0 saturated heterocycles. The van der Waals surface area contributed by atoms with Gasteiger partial charge in [0.1, 0.15) is 0 Å². The lowest BCUT2D eigenvalue weighted by Gasteiger charge is -2.62. The summed E-state index contributed by atoms with van der Waals surface area (Å²) in [5, 5.41) is 10.8. The molecule has 4 fully saturated rings. The maximum atomic E-state index is 10.8. The Balaban J connectivity index is 1.70. The zero-order valence-corrected chi connectivity index (χ0v) is 12.3. The first-order valence-corrected chi connectivity index (χ1v) is 8.23. The number of aliphatic hydroxyl groups is 1. The second-order valence-electron chi connectivity index (χ2n) is 8.15. The molecule has 4 rings (SSSR count). The minimum absolute atomic E-state index is 0.00530. The van der Waals surface area contributed by atoms with Crippen molar-refractivity contribution in [3.05, 3.63) is 0 Å². The van der Waals surface area contributed by atoms with Crippen LogP contribution in [0.2, 0.25) is 0 Å². The summed E-state index contributed by atoms with van der Waals surface area (Å²) in [6.45, 7) is 4.75. The molecule has 1 nitrogen and oxygen atoms in total. The average Bonchev–Trinajstić information content (AvgIpc) is 2.25. The second-order valence-corrected chi connectivity index (χ2v) is 8.15. The van der Waals surface area contributed by atoms with Crippen molar-refractivity contribution in [1.29, 1.82) is 0 Å². The van der Waals surface area contributed by atoms with E-state index in [4.69, 9.17) is 0 Å². The van der Waals surface area contributed by atoms with Gasteiger partial charge in [-0.05, 0) is 67.6 Å². The van der Waals surface area contributed by atoms with Crippen molar-refractivity contribution in [3.8, 4) is 0 Å². The van der Waals surface area contributed by atoms with E-state index in [0.29, 0.717) is 10.8 Å². The Morgan fingerprint density at radius 1 is 1.11 bits per heavy atom. The summed E-state index contributed by atoms with van der Waals surface area (Å²) < 4.78 is 0. The highest BCUT2D eigenvalue weighted by Crippen LogP contribution is 2.66. The van der Waals surface area contributed by atoms with Gasteiger partial charge in [0.15, 0.2) is 0 Å². The molecule has 4 bridgehead atoms. The molecule has 104 valence electrons. The number of hydrogen-bond donors (Lipinski definition) is 1. The summed E-state index contributed by atoms with van der Waals surface area (Å²) in [7, 11) is 0. The summed E-state index contributed by atoms with van der Waals surface area (Å²) in [6.07, 6.45) is 13.2. The van der Waals surface area contributed by atoms with Crippen LogP contribution in [0.4, 0.5) is 0 Å². The van der Waals surface area contributed by atoms with Crippen LogP contribution in [0.3, 0.4) is 0 Å². The normalized spacial score (nSPS) is 47.5. The van der Waals surface area contributed by atoms with Crippen LogP contribution in [0.5, 0.6) is 0 Å². The largest absolute Gasteiger partial charge is 0.393 e. The van der Waals surface area contributed by atoms with Crippen LogP contribution in [0.25, 0.3) is 0 Å². The molecule has 0 aromatic heterocycles. The van der Waals surface area contributed by atoms with Gasteiger partial charge in [-0.3, -0.25) is 0 Å². The van der Waals surface area contributed by atoms with Crippen LogP contribution in [-0.4, -0.2) is 11.2 Å². The molecule has 18 heavy (non-hydrogen) atoms. The smallest absolute Gasteiger partial charge is 0.0596 e. The summed E-state index contributed by atoms with van der Waals surface area (Å²) >= 11 is 0. The molecule has 0 aromatic carbocycles. The van der Waals surface area contributed by atoms with E-state index in [2.05, 4.69) is 13.8 Å². The SMILES string of the molecule is CCCCCC(O)C12CC3CC(CC(C)(C3)C1)C2. The molecule has 0 spiro atoms. The van der Waals surface area contributed by atoms with Crippen molar-refractivity contribution in [2.75, 3.05) is 0 Å². The lowest BCUT2D eigenvalue weighted by atomic mass is 9.43. The van der Waals surface area contributed by atoms with E-state index in [-0.39, 0.29) is 6.10 Å². The molecule has 1 N–H and O–H groups in total. The summed E-state index contributed by atoms with van der Waals surface area (Å²) in [5.74, 6) is 1.88.